The molecule has 1 aromatic carbocycles. The highest BCUT2D eigenvalue weighted by molar-refractivity contribution is 5.43. The topological polar surface area (TPSA) is 53.7 Å². The van der Waals surface area contributed by atoms with E-state index >= 15 is 0 Å². The van der Waals surface area contributed by atoms with Crippen LogP contribution >= 0.6 is 0 Å². The molecule has 0 bridgehead atoms. The highest BCUT2D eigenvalue weighted by atomic mass is 16.5. The van der Waals surface area contributed by atoms with Gasteiger partial charge in [0.2, 0.25) is 0 Å². The Morgan fingerprint density at radius 1 is 1.15 bits per heavy atom. The summed E-state index contributed by atoms with van der Waals surface area (Å²) in [5.41, 5.74) is 6.57. The summed E-state index contributed by atoms with van der Waals surface area (Å²) in [6, 6.07) is 6.00. The Hall–Kier alpha value is -1.26. The summed E-state index contributed by atoms with van der Waals surface area (Å²) in [6.45, 7) is 7.90. The zero-order valence-electron chi connectivity index (χ0n) is 13.1. The van der Waals surface area contributed by atoms with Gasteiger partial charge in [-0.1, -0.05) is 6.07 Å². The number of ether oxygens (including phenoxy) is 3. The van der Waals surface area contributed by atoms with Gasteiger partial charge >= 0.3 is 0 Å². The van der Waals surface area contributed by atoms with Crippen LogP contribution in [-0.2, 0) is 11.2 Å². The SMILES string of the molecule is CCOc1cc(CCN)ccc1OCCC(C)(C)OC. The molecule has 0 aliphatic rings. The second-order valence-corrected chi connectivity index (χ2v) is 5.32. The maximum absolute atomic E-state index is 5.82. The van der Waals surface area contributed by atoms with Crippen LogP contribution in [0.3, 0.4) is 0 Å². The van der Waals surface area contributed by atoms with Crippen LogP contribution < -0.4 is 15.2 Å². The normalized spacial score (nSPS) is 11.4. The minimum absolute atomic E-state index is 0.175. The third-order valence-corrected chi connectivity index (χ3v) is 3.26. The predicted molar refractivity (Wildman–Crippen MR) is 81.6 cm³/mol. The van der Waals surface area contributed by atoms with Crippen LogP contribution in [0.1, 0.15) is 32.8 Å². The summed E-state index contributed by atoms with van der Waals surface area (Å²) in [4.78, 5) is 0. The molecular formula is C16H27NO3. The van der Waals surface area contributed by atoms with Crippen molar-refractivity contribution in [1.82, 2.24) is 0 Å². The molecule has 4 heteroatoms. The van der Waals surface area contributed by atoms with Gasteiger partial charge in [-0.05, 0) is 51.4 Å². The van der Waals surface area contributed by atoms with Crippen molar-refractivity contribution in [2.45, 2.75) is 39.2 Å². The van der Waals surface area contributed by atoms with Crippen molar-refractivity contribution in [3.8, 4) is 11.5 Å². The molecule has 0 saturated carbocycles. The molecule has 0 saturated heterocycles. The van der Waals surface area contributed by atoms with Crippen LogP contribution in [0, 0.1) is 0 Å². The molecule has 4 nitrogen and oxygen atoms in total. The van der Waals surface area contributed by atoms with Crippen LogP contribution in [0.25, 0.3) is 0 Å². The van der Waals surface area contributed by atoms with E-state index in [0.29, 0.717) is 19.8 Å². The van der Waals surface area contributed by atoms with Crippen LogP contribution in [0.15, 0.2) is 18.2 Å². The molecule has 0 heterocycles. The van der Waals surface area contributed by atoms with Gasteiger partial charge in [0.05, 0.1) is 18.8 Å². The van der Waals surface area contributed by atoms with E-state index in [1.54, 1.807) is 7.11 Å². The maximum atomic E-state index is 5.82. The van der Waals surface area contributed by atoms with Crippen molar-refractivity contribution < 1.29 is 14.2 Å². The van der Waals surface area contributed by atoms with E-state index in [4.69, 9.17) is 19.9 Å². The first kappa shape index (κ1) is 16.8. The number of methoxy groups -OCH3 is 1. The monoisotopic (exact) mass is 281 g/mol. The van der Waals surface area contributed by atoms with Crippen molar-refractivity contribution in [3.63, 3.8) is 0 Å². The van der Waals surface area contributed by atoms with E-state index in [9.17, 15) is 0 Å². The van der Waals surface area contributed by atoms with Crippen molar-refractivity contribution in [2.75, 3.05) is 26.9 Å². The Morgan fingerprint density at radius 2 is 1.90 bits per heavy atom. The average Bonchev–Trinajstić information content (AvgIpc) is 2.42. The fraction of sp³-hybridized carbons (Fsp3) is 0.625. The first-order valence-electron chi connectivity index (χ1n) is 7.16. The van der Waals surface area contributed by atoms with Crippen LogP contribution in [0.4, 0.5) is 0 Å². The van der Waals surface area contributed by atoms with E-state index in [1.165, 1.54) is 5.56 Å². The highest BCUT2D eigenvalue weighted by Gasteiger charge is 2.16. The zero-order valence-corrected chi connectivity index (χ0v) is 13.1. The van der Waals surface area contributed by atoms with Gasteiger partial charge < -0.3 is 19.9 Å². The molecule has 114 valence electrons. The Labute approximate surface area is 122 Å². The van der Waals surface area contributed by atoms with Gasteiger partial charge in [0.15, 0.2) is 11.5 Å². The molecule has 0 unspecified atom stereocenters. The lowest BCUT2D eigenvalue weighted by molar-refractivity contribution is 0.00521. The Kier molecular flexibility index (Phi) is 6.82. The molecule has 1 rings (SSSR count). The third kappa shape index (κ3) is 5.39. The largest absolute Gasteiger partial charge is 0.490 e. The van der Waals surface area contributed by atoms with Gasteiger partial charge in [-0.15, -0.1) is 0 Å². The number of benzene rings is 1. The fourth-order valence-corrected chi connectivity index (χ4v) is 1.77. The minimum atomic E-state index is -0.175. The zero-order chi connectivity index (χ0) is 15.0. The second kappa shape index (κ2) is 8.12. The summed E-state index contributed by atoms with van der Waals surface area (Å²) >= 11 is 0. The summed E-state index contributed by atoms with van der Waals surface area (Å²) in [5, 5.41) is 0. The van der Waals surface area contributed by atoms with E-state index in [-0.39, 0.29) is 5.60 Å². The quantitative estimate of drug-likeness (QED) is 0.756. The van der Waals surface area contributed by atoms with Crippen LogP contribution in [0.5, 0.6) is 11.5 Å². The van der Waals surface area contributed by atoms with Gasteiger partial charge in [-0.3, -0.25) is 0 Å². The molecule has 0 amide bonds. The fourth-order valence-electron chi connectivity index (χ4n) is 1.77. The van der Waals surface area contributed by atoms with E-state index in [0.717, 1.165) is 24.3 Å². The lowest BCUT2D eigenvalue weighted by Crippen LogP contribution is -2.25. The van der Waals surface area contributed by atoms with E-state index in [1.807, 2.05) is 39.0 Å². The predicted octanol–water partition coefficient (Wildman–Crippen LogP) is 2.78. The van der Waals surface area contributed by atoms with Crippen LogP contribution in [-0.4, -0.2) is 32.5 Å². The first-order chi connectivity index (χ1) is 9.52. The number of hydrogen-bond acceptors (Lipinski definition) is 4. The molecule has 1 aromatic rings. The number of nitrogens with two attached hydrogens (primary N) is 1. The average molecular weight is 281 g/mol. The molecule has 0 aliphatic carbocycles. The Morgan fingerprint density at radius 3 is 2.50 bits per heavy atom. The molecule has 0 radical (unpaired) electrons. The van der Waals surface area contributed by atoms with Gasteiger partial charge in [0, 0.05) is 13.5 Å². The lowest BCUT2D eigenvalue weighted by Gasteiger charge is -2.23. The Balaban J connectivity index is 2.68. The van der Waals surface area contributed by atoms with E-state index < -0.39 is 0 Å². The highest BCUT2D eigenvalue weighted by Crippen LogP contribution is 2.29. The Bertz CT molecular complexity index is 405. The molecule has 2 N–H and O–H groups in total. The van der Waals surface area contributed by atoms with Gasteiger partial charge in [-0.2, -0.15) is 0 Å². The molecule has 20 heavy (non-hydrogen) atoms. The molecular weight excluding hydrogens is 254 g/mol. The molecule has 0 spiro atoms. The molecule has 0 aliphatic heterocycles. The number of rotatable bonds is 9. The second-order valence-electron chi connectivity index (χ2n) is 5.32. The smallest absolute Gasteiger partial charge is 0.161 e. The summed E-state index contributed by atoms with van der Waals surface area (Å²) in [6.07, 6.45) is 1.66. The summed E-state index contributed by atoms with van der Waals surface area (Å²) in [7, 11) is 1.72. The van der Waals surface area contributed by atoms with Crippen molar-refractivity contribution >= 4 is 0 Å². The van der Waals surface area contributed by atoms with Crippen molar-refractivity contribution in [3.05, 3.63) is 23.8 Å². The lowest BCUT2D eigenvalue weighted by atomic mass is 10.1. The van der Waals surface area contributed by atoms with Crippen molar-refractivity contribution in [1.29, 1.82) is 0 Å². The number of hydrogen-bond donors (Lipinski definition) is 1. The van der Waals surface area contributed by atoms with Gasteiger partial charge in [0.1, 0.15) is 0 Å². The standard InChI is InChI=1S/C16H27NO3/c1-5-19-15-12-13(8-10-17)6-7-14(15)20-11-9-16(2,3)18-4/h6-7,12H,5,8-11,17H2,1-4H3. The molecule has 0 aromatic heterocycles. The summed E-state index contributed by atoms with van der Waals surface area (Å²) < 4.78 is 16.8. The van der Waals surface area contributed by atoms with Crippen molar-refractivity contribution in [2.24, 2.45) is 5.73 Å². The van der Waals surface area contributed by atoms with Gasteiger partial charge in [0.25, 0.3) is 0 Å². The molecule has 0 fully saturated rings. The summed E-state index contributed by atoms with van der Waals surface area (Å²) in [5.74, 6) is 1.56. The third-order valence-electron chi connectivity index (χ3n) is 3.26. The van der Waals surface area contributed by atoms with Gasteiger partial charge in [-0.25, -0.2) is 0 Å². The van der Waals surface area contributed by atoms with Crippen LogP contribution in [0.2, 0.25) is 0 Å². The first-order valence-corrected chi connectivity index (χ1v) is 7.16. The maximum Gasteiger partial charge on any atom is 0.161 e. The minimum Gasteiger partial charge on any atom is -0.490 e. The molecule has 0 atom stereocenters. The van der Waals surface area contributed by atoms with E-state index in [2.05, 4.69) is 0 Å².